The summed E-state index contributed by atoms with van der Waals surface area (Å²) in [6, 6.07) is 4.36. The Morgan fingerprint density at radius 1 is 1.21 bits per heavy atom. The summed E-state index contributed by atoms with van der Waals surface area (Å²) in [7, 11) is 0. The highest BCUT2D eigenvalue weighted by atomic mass is 32.2. The zero-order chi connectivity index (χ0) is 16.4. The van der Waals surface area contributed by atoms with Crippen LogP contribution in [0.4, 0.5) is 5.69 Å². The van der Waals surface area contributed by atoms with Crippen LogP contribution < -0.4 is 4.90 Å². The topological polar surface area (TPSA) is 45.7 Å². The van der Waals surface area contributed by atoms with Crippen LogP contribution in [0.2, 0.25) is 0 Å². The van der Waals surface area contributed by atoms with Crippen molar-refractivity contribution >= 4 is 23.4 Å². The van der Waals surface area contributed by atoms with E-state index in [2.05, 4.69) is 26.5 Å². The number of hydrogen-bond donors (Lipinski definition) is 0. The molecule has 1 aromatic heterocycles. The van der Waals surface area contributed by atoms with Gasteiger partial charge in [0.05, 0.1) is 13.2 Å². The minimum atomic E-state index is 0.113. The van der Waals surface area contributed by atoms with E-state index < -0.39 is 0 Å². The molecule has 0 spiro atoms. The molecule has 2 saturated heterocycles. The van der Waals surface area contributed by atoms with E-state index in [0.29, 0.717) is 17.0 Å². The second-order valence-electron chi connectivity index (χ2n) is 6.76. The maximum Gasteiger partial charge on any atom is 0.272 e. The van der Waals surface area contributed by atoms with Gasteiger partial charge in [-0.1, -0.05) is 12.8 Å². The summed E-state index contributed by atoms with van der Waals surface area (Å²) in [5, 5.41) is 0.624. The molecule has 0 bridgehead atoms. The van der Waals surface area contributed by atoms with Crippen molar-refractivity contribution in [3.05, 3.63) is 24.0 Å². The Morgan fingerprint density at radius 2 is 2.04 bits per heavy atom. The molecule has 0 unspecified atom stereocenters. The number of carbonyl (C=O) groups excluding carboxylic acids is 1. The molecule has 6 heteroatoms. The van der Waals surface area contributed by atoms with Crippen LogP contribution >= 0.6 is 11.8 Å². The molecule has 1 saturated carbocycles. The molecule has 5 nitrogen and oxygen atoms in total. The fraction of sp³-hybridized carbons (Fsp3) is 0.667. The number of carbonyl (C=O) groups is 1. The number of hydrogen-bond acceptors (Lipinski definition) is 5. The molecule has 2 aliphatic heterocycles. The van der Waals surface area contributed by atoms with Crippen LogP contribution in [-0.2, 0) is 4.74 Å². The van der Waals surface area contributed by atoms with E-state index in [1.54, 1.807) is 6.20 Å². The molecule has 3 heterocycles. The molecule has 130 valence electrons. The Kier molecular flexibility index (Phi) is 4.94. The van der Waals surface area contributed by atoms with Crippen LogP contribution in [-0.4, -0.2) is 65.7 Å². The van der Waals surface area contributed by atoms with Gasteiger partial charge in [-0.15, -0.1) is 0 Å². The first-order chi connectivity index (χ1) is 11.8. The van der Waals surface area contributed by atoms with Crippen molar-refractivity contribution in [2.24, 2.45) is 0 Å². The van der Waals surface area contributed by atoms with Crippen molar-refractivity contribution < 1.29 is 9.53 Å². The number of aromatic nitrogens is 1. The molecule has 0 aromatic carbocycles. The normalized spacial score (nSPS) is 27.7. The van der Waals surface area contributed by atoms with Crippen LogP contribution in [0.5, 0.6) is 0 Å². The first-order valence-electron chi connectivity index (χ1n) is 9.04. The maximum atomic E-state index is 13.1. The highest BCUT2D eigenvalue weighted by Crippen LogP contribution is 2.36. The summed E-state index contributed by atoms with van der Waals surface area (Å²) in [5.41, 5.74) is 1.68. The standard InChI is InChI=1S/C18H25N3O2S/c22-18(21-9-12-24-17-4-2-1-3-16(17)21)15-13-14(5-6-19-15)20-7-10-23-11-8-20/h5-6,13,16-17H,1-4,7-12H2/t16-,17+/m0/s1. The first-order valence-corrected chi connectivity index (χ1v) is 10.1. The van der Waals surface area contributed by atoms with Gasteiger partial charge in [-0.2, -0.15) is 11.8 Å². The lowest BCUT2D eigenvalue weighted by atomic mass is 9.93. The van der Waals surface area contributed by atoms with E-state index in [-0.39, 0.29) is 5.91 Å². The number of ether oxygens (including phenoxy) is 1. The molecule has 0 N–H and O–H groups in total. The van der Waals surface area contributed by atoms with Crippen LogP contribution in [0.3, 0.4) is 0 Å². The lowest BCUT2D eigenvalue weighted by Gasteiger charge is -2.43. The van der Waals surface area contributed by atoms with E-state index in [9.17, 15) is 4.79 Å². The number of anilines is 1. The van der Waals surface area contributed by atoms with Gasteiger partial charge in [0.1, 0.15) is 5.69 Å². The molecule has 0 radical (unpaired) electrons. The van der Waals surface area contributed by atoms with Gasteiger partial charge in [-0.25, -0.2) is 0 Å². The predicted molar refractivity (Wildman–Crippen MR) is 96.8 cm³/mol. The number of amides is 1. The van der Waals surface area contributed by atoms with Gasteiger partial charge in [0.2, 0.25) is 0 Å². The summed E-state index contributed by atoms with van der Waals surface area (Å²) in [6.45, 7) is 4.11. The molecule has 4 rings (SSSR count). The van der Waals surface area contributed by atoms with Gasteiger partial charge in [-0.3, -0.25) is 9.78 Å². The number of fused-ring (bicyclic) bond motifs is 1. The van der Waals surface area contributed by atoms with E-state index in [0.717, 1.165) is 50.7 Å². The molecule has 1 aliphatic carbocycles. The lowest BCUT2D eigenvalue weighted by molar-refractivity contribution is 0.0640. The molecule has 3 aliphatic rings. The quantitative estimate of drug-likeness (QED) is 0.822. The average Bonchev–Trinajstić information content (AvgIpc) is 2.68. The number of thioether (sulfide) groups is 1. The third-order valence-corrected chi connectivity index (χ3v) is 6.73. The molecule has 3 fully saturated rings. The molecule has 1 aromatic rings. The highest BCUT2D eigenvalue weighted by molar-refractivity contribution is 8.00. The van der Waals surface area contributed by atoms with E-state index >= 15 is 0 Å². The molecule has 24 heavy (non-hydrogen) atoms. The largest absolute Gasteiger partial charge is 0.378 e. The van der Waals surface area contributed by atoms with Crippen molar-refractivity contribution in [3.8, 4) is 0 Å². The van der Waals surface area contributed by atoms with Crippen molar-refractivity contribution in [1.82, 2.24) is 9.88 Å². The van der Waals surface area contributed by atoms with Gasteiger partial charge in [-0.05, 0) is 25.0 Å². The number of morpholine rings is 1. The number of pyridine rings is 1. The Morgan fingerprint density at radius 3 is 2.92 bits per heavy atom. The lowest BCUT2D eigenvalue weighted by Crippen LogP contribution is -2.51. The maximum absolute atomic E-state index is 13.1. The Labute approximate surface area is 147 Å². The summed E-state index contributed by atoms with van der Waals surface area (Å²) >= 11 is 2.05. The van der Waals surface area contributed by atoms with Crippen molar-refractivity contribution in [3.63, 3.8) is 0 Å². The fourth-order valence-electron chi connectivity index (χ4n) is 4.05. The zero-order valence-corrected chi connectivity index (χ0v) is 14.8. The first kappa shape index (κ1) is 16.2. The van der Waals surface area contributed by atoms with E-state index in [1.807, 2.05) is 12.1 Å². The van der Waals surface area contributed by atoms with Gasteiger partial charge in [0.25, 0.3) is 5.91 Å². The van der Waals surface area contributed by atoms with Crippen molar-refractivity contribution in [2.75, 3.05) is 43.5 Å². The number of nitrogens with zero attached hydrogens (tertiary/aromatic N) is 3. The SMILES string of the molecule is O=C(c1cc(N2CCOCC2)ccn1)N1CCS[C@@H]2CCCC[C@@H]21. The third-order valence-electron chi connectivity index (χ3n) is 5.33. The Balaban J connectivity index is 1.53. The average molecular weight is 347 g/mol. The van der Waals surface area contributed by atoms with Crippen LogP contribution in [0.25, 0.3) is 0 Å². The molecular formula is C18H25N3O2S. The summed E-state index contributed by atoms with van der Waals surface area (Å²) < 4.78 is 5.42. The van der Waals surface area contributed by atoms with Crippen LogP contribution in [0.15, 0.2) is 18.3 Å². The van der Waals surface area contributed by atoms with E-state index in [1.165, 1.54) is 19.3 Å². The van der Waals surface area contributed by atoms with Crippen LogP contribution in [0, 0.1) is 0 Å². The summed E-state index contributed by atoms with van der Waals surface area (Å²) in [4.78, 5) is 21.9. The highest BCUT2D eigenvalue weighted by Gasteiger charge is 2.37. The monoisotopic (exact) mass is 347 g/mol. The van der Waals surface area contributed by atoms with Gasteiger partial charge >= 0.3 is 0 Å². The molecule has 1 amide bonds. The van der Waals surface area contributed by atoms with Crippen molar-refractivity contribution in [2.45, 2.75) is 37.0 Å². The molecular weight excluding hydrogens is 322 g/mol. The minimum Gasteiger partial charge on any atom is -0.378 e. The minimum absolute atomic E-state index is 0.113. The van der Waals surface area contributed by atoms with Gasteiger partial charge < -0.3 is 14.5 Å². The smallest absolute Gasteiger partial charge is 0.272 e. The summed E-state index contributed by atoms with van der Waals surface area (Å²) in [5.74, 6) is 1.16. The van der Waals surface area contributed by atoms with E-state index in [4.69, 9.17) is 4.74 Å². The van der Waals surface area contributed by atoms with Crippen LogP contribution in [0.1, 0.15) is 36.2 Å². The summed E-state index contributed by atoms with van der Waals surface area (Å²) in [6.07, 6.45) is 6.72. The molecule has 2 atom stereocenters. The van der Waals surface area contributed by atoms with Gasteiger partial charge in [0, 0.05) is 48.6 Å². The third kappa shape index (κ3) is 3.26. The van der Waals surface area contributed by atoms with Crippen molar-refractivity contribution in [1.29, 1.82) is 0 Å². The second kappa shape index (κ2) is 7.31. The number of rotatable bonds is 2. The fourth-order valence-corrected chi connectivity index (χ4v) is 5.49. The Bertz CT molecular complexity index is 589. The second-order valence-corrected chi connectivity index (χ2v) is 8.11. The predicted octanol–water partition coefficient (Wildman–Crippen LogP) is 2.42. The Hall–Kier alpha value is -1.27. The van der Waals surface area contributed by atoms with Gasteiger partial charge in [0.15, 0.2) is 0 Å². The zero-order valence-electron chi connectivity index (χ0n) is 14.0.